The molecule has 0 bridgehead atoms. The van der Waals surface area contributed by atoms with E-state index >= 15 is 0 Å². The lowest BCUT2D eigenvalue weighted by atomic mass is 10.1. The number of aromatic nitrogens is 3. The highest BCUT2D eigenvalue weighted by atomic mass is 35.5. The molecular formula is C20H14ClFN4O4S. The summed E-state index contributed by atoms with van der Waals surface area (Å²) in [6.45, 7) is 1.55. The van der Waals surface area contributed by atoms with Gasteiger partial charge in [-0.3, -0.25) is 14.3 Å². The smallest absolute Gasteiger partial charge is 0.314 e. The second kappa shape index (κ2) is 7.64. The highest BCUT2D eigenvalue weighted by Crippen LogP contribution is 2.30. The Labute approximate surface area is 179 Å². The molecule has 2 aromatic heterocycles. The molecular weight excluding hydrogens is 447 g/mol. The van der Waals surface area contributed by atoms with Crippen LogP contribution in [0.5, 0.6) is 0 Å². The lowest BCUT2D eigenvalue weighted by Crippen LogP contribution is -2.29. The van der Waals surface area contributed by atoms with Crippen LogP contribution in [0, 0.1) is 12.7 Å². The number of H-pyrrole nitrogens is 2. The first kappa shape index (κ1) is 20.8. The number of nitrogens with one attached hydrogen (secondary N) is 3. The molecule has 0 aliphatic rings. The molecule has 0 unspecified atom stereocenters. The molecule has 0 spiro atoms. The third kappa shape index (κ3) is 4.07. The Morgan fingerprint density at radius 1 is 1.00 bits per heavy atom. The maximum Gasteiger partial charge on any atom is 0.314 e. The lowest BCUT2D eigenvalue weighted by Gasteiger charge is -2.12. The van der Waals surface area contributed by atoms with Crippen molar-refractivity contribution in [3.8, 4) is 11.1 Å². The molecule has 0 saturated carbocycles. The van der Waals surface area contributed by atoms with Gasteiger partial charge in [-0.25, -0.2) is 17.8 Å². The van der Waals surface area contributed by atoms with Crippen LogP contribution in [0.2, 0.25) is 5.02 Å². The normalized spacial score (nSPS) is 11.6. The molecule has 0 saturated heterocycles. The number of rotatable bonds is 4. The van der Waals surface area contributed by atoms with E-state index in [2.05, 4.69) is 19.7 Å². The van der Waals surface area contributed by atoms with Gasteiger partial charge in [0.2, 0.25) is 0 Å². The van der Waals surface area contributed by atoms with E-state index in [1.807, 2.05) is 0 Å². The van der Waals surface area contributed by atoms with Crippen molar-refractivity contribution in [2.45, 2.75) is 11.8 Å². The zero-order valence-corrected chi connectivity index (χ0v) is 17.4. The minimum atomic E-state index is -4.09. The van der Waals surface area contributed by atoms with Crippen LogP contribution in [0.3, 0.4) is 0 Å². The van der Waals surface area contributed by atoms with Crippen LogP contribution in [0.1, 0.15) is 5.56 Å². The molecule has 4 aromatic rings. The highest BCUT2D eigenvalue weighted by Gasteiger charge is 2.20. The van der Waals surface area contributed by atoms with Crippen molar-refractivity contribution in [3.05, 3.63) is 85.8 Å². The maximum absolute atomic E-state index is 13.1. The number of sulfonamides is 1. The summed E-state index contributed by atoms with van der Waals surface area (Å²) in [7, 11) is -4.09. The molecule has 31 heavy (non-hydrogen) atoms. The molecule has 4 rings (SSSR count). The van der Waals surface area contributed by atoms with Crippen molar-refractivity contribution in [1.29, 1.82) is 0 Å². The first-order chi connectivity index (χ1) is 14.6. The number of halogens is 2. The average molecular weight is 461 g/mol. The minimum Gasteiger partial charge on any atom is -0.316 e. The van der Waals surface area contributed by atoms with Crippen LogP contribution in [-0.4, -0.2) is 23.4 Å². The topological polar surface area (TPSA) is 125 Å². The fourth-order valence-corrected chi connectivity index (χ4v) is 4.58. The van der Waals surface area contributed by atoms with Crippen molar-refractivity contribution >= 4 is 38.5 Å². The Hall–Kier alpha value is -3.50. The van der Waals surface area contributed by atoms with Gasteiger partial charge in [-0.05, 0) is 42.3 Å². The molecule has 0 amide bonds. The predicted molar refractivity (Wildman–Crippen MR) is 115 cm³/mol. The number of fused-ring (bicyclic) bond motifs is 1. The summed E-state index contributed by atoms with van der Waals surface area (Å²) >= 11 is 6.28. The summed E-state index contributed by atoms with van der Waals surface area (Å²) in [5, 5.41) is 0.219. The van der Waals surface area contributed by atoms with Gasteiger partial charge in [-0.2, -0.15) is 0 Å². The van der Waals surface area contributed by atoms with Crippen LogP contribution in [-0.2, 0) is 10.0 Å². The highest BCUT2D eigenvalue weighted by molar-refractivity contribution is 7.92. The number of benzene rings is 2. The zero-order chi connectivity index (χ0) is 22.3. The predicted octanol–water partition coefficient (Wildman–Crippen LogP) is 3.18. The van der Waals surface area contributed by atoms with Crippen LogP contribution in [0.15, 0.2) is 63.1 Å². The molecule has 2 aromatic carbocycles. The Morgan fingerprint density at radius 2 is 1.61 bits per heavy atom. The van der Waals surface area contributed by atoms with E-state index in [4.69, 9.17) is 11.6 Å². The molecule has 0 atom stereocenters. The van der Waals surface area contributed by atoms with Gasteiger partial charge in [0.25, 0.3) is 10.0 Å². The summed E-state index contributed by atoms with van der Waals surface area (Å²) in [5.74, 6) is -0.418. The summed E-state index contributed by atoms with van der Waals surface area (Å²) in [6.07, 6.45) is 1.38. The van der Waals surface area contributed by atoms with Crippen molar-refractivity contribution in [2.75, 3.05) is 4.72 Å². The third-order valence-electron chi connectivity index (χ3n) is 4.55. The van der Waals surface area contributed by atoms with Crippen LogP contribution in [0.25, 0.3) is 22.2 Å². The zero-order valence-electron chi connectivity index (χ0n) is 15.9. The largest absolute Gasteiger partial charge is 0.316 e. The molecule has 0 aliphatic carbocycles. The van der Waals surface area contributed by atoms with Crippen molar-refractivity contribution in [3.63, 3.8) is 0 Å². The van der Waals surface area contributed by atoms with E-state index in [1.54, 1.807) is 6.92 Å². The molecule has 2 heterocycles. The second-order valence-electron chi connectivity index (χ2n) is 6.73. The first-order valence-electron chi connectivity index (χ1n) is 8.85. The van der Waals surface area contributed by atoms with Gasteiger partial charge in [0, 0.05) is 17.8 Å². The Morgan fingerprint density at radius 3 is 2.23 bits per heavy atom. The second-order valence-corrected chi connectivity index (χ2v) is 8.79. The van der Waals surface area contributed by atoms with Gasteiger partial charge in [0.1, 0.15) is 11.6 Å². The van der Waals surface area contributed by atoms with Gasteiger partial charge >= 0.3 is 11.1 Å². The summed E-state index contributed by atoms with van der Waals surface area (Å²) in [5.41, 5.74) is 0.207. The van der Waals surface area contributed by atoms with Crippen LogP contribution >= 0.6 is 11.6 Å². The monoisotopic (exact) mass is 460 g/mol. The fraction of sp³-hybridized carbons (Fsp3) is 0.0500. The number of pyridine rings is 1. The Bertz CT molecular complexity index is 1550. The van der Waals surface area contributed by atoms with E-state index in [-0.39, 0.29) is 21.3 Å². The van der Waals surface area contributed by atoms with Gasteiger partial charge in [-0.1, -0.05) is 23.7 Å². The molecule has 158 valence electrons. The van der Waals surface area contributed by atoms with Gasteiger partial charge in [0.05, 0.1) is 21.0 Å². The molecule has 0 aliphatic heterocycles. The first-order valence-corrected chi connectivity index (χ1v) is 10.7. The molecule has 11 heteroatoms. The minimum absolute atomic E-state index is 0.0229. The van der Waals surface area contributed by atoms with Crippen molar-refractivity contribution < 1.29 is 12.8 Å². The van der Waals surface area contributed by atoms with Gasteiger partial charge in [0.15, 0.2) is 0 Å². The van der Waals surface area contributed by atoms with E-state index in [0.717, 1.165) is 0 Å². The SMILES string of the molecule is Cc1cc2[nH]c(=O)c(=O)[nH]c2cc1S(=O)(=O)Nc1cc(Cl)c(-c2ccc(F)cc2)cn1. The van der Waals surface area contributed by atoms with Crippen molar-refractivity contribution in [1.82, 2.24) is 15.0 Å². The fourth-order valence-electron chi connectivity index (χ4n) is 3.06. The molecule has 8 nitrogen and oxygen atoms in total. The van der Waals surface area contributed by atoms with E-state index in [1.165, 1.54) is 48.7 Å². The molecule has 0 radical (unpaired) electrons. The number of anilines is 1. The Balaban J connectivity index is 1.70. The summed E-state index contributed by atoms with van der Waals surface area (Å²) in [4.78, 5) is 31.8. The summed E-state index contributed by atoms with van der Waals surface area (Å²) < 4.78 is 41.3. The van der Waals surface area contributed by atoms with Crippen LogP contribution < -0.4 is 15.8 Å². The lowest BCUT2D eigenvalue weighted by molar-refractivity contribution is 0.600. The third-order valence-corrected chi connectivity index (χ3v) is 6.36. The maximum atomic E-state index is 13.1. The molecule has 3 N–H and O–H groups in total. The molecule has 0 fully saturated rings. The van der Waals surface area contributed by atoms with E-state index in [0.29, 0.717) is 22.2 Å². The number of hydrogen-bond donors (Lipinski definition) is 3. The summed E-state index contributed by atoms with van der Waals surface area (Å²) in [6, 6.07) is 9.66. The number of aromatic amines is 2. The van der Waals surface area contributed by atoms with E-state index in [9.17, 15) is 22.4 Å². The van der Waals surface area contributed by atoms with Crippen LogP contribution in [0.4, 0.5) is 10.2 Å². The van der Waals surface area contributed by atoms with Gasteiger partial charge in [-0.15, -0.1) is 0 Å². The number of aryl methyl sites for hydroxylation is 1. The standard InChI is InChI=1S/C20H14ClFN4O4S/c1-10-6-15-16(25-20(28)19(27)24-15)8-17(10)31(29,30)26-18-7-14(21)13(9-23-18)11-2-4-12(22)5-3-11/h2-9H,1H3,(H,23,26)(H,24,27)(H,25,28). The van der Waals surface area contributed by atoms with E-state index < -0.39 is 27.0 Å². The van der Waals surface area contributed by atoms with Gasteiger partial charge < -0.3 is 9.97 Å². The number of nitrogens with zero attached hydrogens (tertiary/aromatic N) is 1. The average Bonchev–Trinajstić information content (AvgIpc) is 2.69. The number of hydrogen-bond acceptors (Lipinski definition) is 5. The van der Waals surface area contributed by atoms with Crippen molar-refractivity contribution in [2.24, 2.45) is 0 Å². The Kier molecular flexibility index (Phi) is 5.11. The quantitative estimate of drug-likeness (QED) is 0.403.